The second-order valence-electron chi connectivity index (χ2n) is 3.28. The summed E-state index contributed by atoms with van der Waals surface area (Å²) in [7, 11) is 1.62. The molecule has 0 atom stereocenters. The number of ether oxygens (including phenoxy) is 1. The highest BCUT2D eigenvalue weighted by molar-refractivity contribution is 6.33. The molecule has 1 heterocycles. The molecule has 2 rings (SSSR count). The molecular weight excluding hydrogens is 212 g/mol. The quantitative estimate of drug-likeness (QED) is 0.848. The number of halogens is 1. The minimum atomic E-state index is 0.640. The maximum Gasteiger partial charge on any atom is 0.120 e. The van der Waals surface area contributed by atoms with Crippen LogP contribution in [0.25, 0.3) is 11.3 Å². The predicted molar refractivity (Wildman–Crippen MR) is 60.3 cm³/mol. The molecule has 0 fully saturated rings. The molecule has 78 valence electrons. The van der Waals surface area contributed by atoms with Crippen molar-refractivity contribution < 1.29 is 4.74 Å². The van der Waals surface area contributed by atoms with Crippen LogP contribution in [-0.4, -0.2) is 17.3 Å². The molecule has 3 nitrogen and oxygen atoms in total. The van der Waals surface area contributed by atoms with Crippen LogP contribution in [0.1, 0.15) is 5.69 Å². The van der Waals surface area contributed by atoms with Gasteiger partial charge in [-0.15, -0.1) is 0 Å². The Balaban J connectivity index is 2.45. The van der Waals surface area contributed by atoms with Crippen LogP contribution in [-0.2, 0) is 0 Å². The van der Waals surface area contributed by atoms with Crippen molar-refractivity contribution in [3.05, 3.63) is 35.0 Å². The van der Waals surface area contributed by atoms with E-state index in [-0.39, 0.29) is 0 Å². The Morgan fingerprint density at radius 1 is 1.33 bits per heavy atom. The van der Waals surface area contributed by atoms with Gasteiger partial charge in [0.15, 0.2) is 0 Å². The lowest BCUT2D eigenvalue weighted by atomic mass is 10.1. The average Bonchev–Trinajstić information content (AvgIpc) is 2.64. The highest BCUT2D eigenvalue weighted by Gasteiger charge is 2.07. The summed E-state index contributed by atoms with van der Waals surface area (Å²) >= 11 is 6.12. The number of hydrogen-bond donors (Lipinski definition) is 1. The van der Waals surface area contributed by atoms with E-state index in [1.165, 1.54) is 0 Å². The van der Waals surface area contributed by atoms with Gasteiger partial charge in [-0.1, -0.05) is 11.6 Å². The molecule has 1 aromatic heterocycles. The van der Waals surface area contributed by atoms with E-state index in [2.05, 4.69) is 10.2 Å². The van der Waals surface area contributed by atoms with Gasteiger partial charge in [-0.25, -0.2) is 0 Å². The Morgan fingerprint density at radius 3 is 2.67 bits per heavy atom. The van der Waals surface area contributed by atoms with Gasteiger partial charge >= 0.3 is 0 Å². The van der Waals surface area contributed by atoms with Crippen LogP contribution in [0, 0.1) is 6.92 Å². The lowest BCUT2D eigenvalue weighted by Crippen LogP contribution is -1.84. The summed E-state index contributed by atoms with van der Waals surface area (Å²) in [6.07, 6.45) is 0. The number of hydrogen-bond acceptors (Lipinski definition) is 2. The second kappa shape index (κ2) is 3.95. The number of methoxy groups -OCH3 is 1. The number of aromatic nitrogens is 2. The molecule has 2 aromatic rings. The van der Waals surface area contributed by atoms with Gasteiger partial charge in [0.05, 0.1) is 17.8 Å². The van der Waals surface area contributed by atoms with Gasteiger partial charge in [-0.2, -0.15) is 5.10 Å². The third kappa shape index (κ3) is 1.97. The number of aryl methyl sites for hydroxylation is 1. The van der Waals surface area contributed by atoms with E-state index in [0.29, 0.717) is 5.02 Å². The number of nitrogens with zero attached hydrogens (tertiary/aromatic N) is 1. The average molecular weight is 223 g/mol. The van der Waals surface area contributed by atoms with Gasteiger partial charge < -0.3 is 4.74 Å². The predicted octanol–water partition coefficient (Wildman–Crippen LogP) is 3.05. The van der Waals surface area contributed by atoms with Gasteiger partial charge in [-0.05, 0) is 31.2 Å². The molecule has 0 saturated carbocycles. The summed E-state index contributed by atoms with van der Waals surface area (Å²) in [5, 5.41) is 7.67. The van der Waals surface area contributed by atoms with E-state index in [0.717, 1.165) is 22.7 Å². The molecular formula is C11H11ClN2O. The Kier molecular flexibility index (Phi) is 2.64. The van der Waals surface area contributed by atoms with Crippen molar-refractivity contribution >= 4 is 11.6 Å². The fraction of sp³-hybridized carbons (Fsp3) is 0.182. The van der Waals surface area contributed by atoms with E-state index in [4.69, 9.17) is 16.3 Å². The highest BCUT2D eigenvalue weighted by atomic mass is 35.5. The van der Waals surface area contributed by atoms with Crippen LogP contribution in [0.15, 0.2) is 24.3 Å². The molecule has 0 bridgehead atoms. The topological polar surface area (TPSA) is 37.9 Å². The van der Waals surface area contributed by atoms with Crippen molar-refractivity contribution in [1.29, 1.82) is 0 Å². The molecule has 4 heteroatoms. The molecule has 0 unspecified atom stereocenters. The fourth-order valence-electron chi connectivity index (χ4n) is 1.39. The minimum absolute atomic E-state index is 0.640. The zero-order valence-electron chi connectivity index (χ0n) is 8.54. The smallest absolute Gasteiger partial charge is 0.120 e. The van der Waals surface area contributed by atoms with Gasteiger partial charge in [0.25, 0.3) is 0 Å². The van der Waals surface area contributed by atoms with Gasteiger partial charge in [-0.3, -0.25) is 5.10 Å². The highest BCUT2D eigenvalue weighted by Crippen LogP contribution is 2.29. The van der Waals surface area contributed by atoms with Crippen molar-refractivity contribution in [3.63, 3.8) is 0 Å². The zero-order valence-corrected chi connectivity index (χ0v) is 9.30. The van der Waals surface area contributed by atoms with Gasteiger partial charge in [0, 0.05) is 11.3 Å². The fourth-order valence-corrected chi connectivity index (χ4v) is 1.65. The van der Waals surface area contributed by atoms with Crippen molar-refractivity contribution in [2.45, 2.75) is 6.92 Å². The molecule has 0 amide bonds. The third-order valence-electron chi connectivity index (χ3n) is 2.16. The van der Waals surface area contributed by atoms with E-state index >= 15 is 0 Å². The number of benzene rings is 1. The van der Waals surface area contributed by atoms with E-state index in [9.17, 15) is 0 Å². The molecule has 0 aliphatic carbocycles. The normalized spacial score (nSPS) is 10.3. The number of rotatable bonds is 2. The largest absolute Gasteiger partial charge is 0.497 e. The van der Waals surface area contributed by atoms with Crippen LogP contribution in [0.3, 0.4) is 0 Å². The van der Waals surface area contributed by atoms with Crippen molar-refractivity contribution in [2.75, 3.05) is 7.11 Å². The van der Waals surface area contributed by atoms with Crippen molar-refractivity contribution in [1.82, 2.24) is 10.2 Å². The first-order chi connectivity index (χ1) is 7.20. The molecule has 15 heavy (non-hydrogen) atoms. The Hall–Kier alpha value is -1.48. The molecule has 0 radical (unpaired) electrons. The van der Waals surface area contributed by atoms with Gasteiger partial charge in [0.2, 0.25) is 0 Å². The van der Waals surface area contributed by atoms with E-state index in [1.807, 2.05) is 25.1 Å². The molecule has 0 aliphatic rings. The summed E-state index contributed by atoms with van der Waals surface area (Å²) in [6, 6.07) is 7.50. The van der Waals surface area contributed by atoms with Crippen LogP contribution < -0.4 is 4.74 Å². The van der Waals surface area contributed by atoms with Crippen LogP contribution in [0.4, 0.5) is 0 Å². The maximum absolute atomic E-state index is 6.12. The molecule has 0 aliphatic heterocycles. The standard InChI is InChI=1S/C11H11ClN2O/c1-7-5-11(14-13-7)9-4-3-8(15-2)6-10(9)12/h3-6H,1-2H3,(H,13,14). The summed E-state index contributed by atoms with van der Waals surface area (Å²) in [4.78, 5) is 0. The summed E-state index contributed by atoms with van der Waals surface area (Å²) in [6.45, 7) is 1.95. The Morgan fingerprint density at radius 2 is 2.13 bits per heavy atom. The second-order valence-corrected chi connectivity index (χ2v) is 3.69. The number of nitrogens with one attached hydrogen (secondary N) is 1. The first kappa shape index (κ1) is 10.1. The minimum Gasteiger partial charge on any atom is -0.497 e. The molecule has 1 aromatic carbocycles. The maximum atomic E-state index is 6.12. The summed E-state index contributed by atoms with van der Waals surface area (Å²) in [5.41, 5.74) is 2.76. The first-order valence-corrected chi connectivity index (χ1v) is 4.94. The lowest BCUT2D eigenvalue weighted by molar-refractivity contribution is 0.415. The summed E-state index contributed by atoms with van der Waals surface area (Å²) < 4.78 is 5.08. The first-order valence-electron chi connectivity index (χ1n) is 4.56. The Labute approximate surface area is 93.0 Å². The number of H-pyrrole nitrogens is 1. The zero-order chi connectivity index (χ0) is 10.8. The van der Waals surface area contributed by atoms with E-state index in [1.54, 1.807) is 13.2 Å². The van der Waals surface area contributed by atoms with Gasteiger partial charge in [0.1, 0.15) is 5.75 Å². The van der Waals surface area contributed by atoms with Crippen molar-refractivity contribution in [2.24, 2.45) is 0 Å². The monoisotopic (exact) mass is 222 g/mol. The number of aromatic amines is 1. The van der Waals surface area contributed by atoms with Crippen LogP contribution >= 0.6 is 11.6 Å². The lowest BCUT2D eigenvalue weighted by Gasteiger charge is -2.03. The molecule has 0 saturated heterocycles. The molecule has 0 spiro atoms. The Bertz CT molecular complexity index is 479. The SMILES string of the molecule is COc1ccc(-c2cc(C)[nH]n2)c(Cl)c1. The van der Waals surface area contributed by atoms with Crippen molar-refractivity contribution in [3.8, 4) is 17.0 Å². The molecule has 1 N–H and O–H groups in total. The van der Waals surface area contributed by atoms with Crippen LogP contribution in [0.2, 0.25) is 5.02 Å². The van der Waals surface area contributed by atoms with E-state index < -0.39 is 0 Å². The van der Waals surface area contributed by atoms with Crippen LogP contribution in [0.5, 0.6) is 5.75 Å². The third-order valence-corrected chi connectivity index (χ3v) is 2.47. The summed E-state index contributed by atoms with van der Waals surface area (Å²) in [5.74, 6) is 0.746.